The van der Waals surface area contributed by atoms with E-state index in [2.05, 4.69) is 19.9 Å². The first-order chi connectivity index (χ1) is 16.4. The summed E-state index contributed by atoms with van der Waals surface area (Å²) >= 11 is 1.51. The van der Waals surface area contributed by atoms with Crippen LogP contribution in [0.25, 0.3) is 22.3 Å². The lowest BCUT2D eigenvalue weighted by atomic mass is 9.96. The second-order valence-electron chi connectivity index (χ2n) is 8.37. The van der Waals surface area contributed by atoms with Crippen molar-refractivity contribution in [3.05, 3.63) is 45.1 Å². The first-order valence-electron chi connectivity index (χ1n) is 11.1. The number of anilines is 1. The second kappa shape index (κ2) is 9.01. The number of nitrogens with one attached hydrogen (secondary N) is 1. The Balaban J connectivity index is 1.38. The molecule has 0 atom stereocenters. The molecule has 4 aromatic rings. The molecule has 3 aromatic heterocycles. The molecule has 3 N–H and O–H groups in total. The molecule has 1 saturated heterocycles. The number of nitrogens with two attached hydrogens (primary N) is 1. The van der Waals surface area contributed by atoms with Crippen LogP contribution >= 0.6 is 11.8 Å². The van der Waals surface area contributed by atoms with Crippen LogP contribution < -0.4 is 21.9 Å². The van der Waals surface area contributed by atoms with Gasteiger partial charge >= 0.3 is 5.69 Å². The van der Waals surface area contributed by atoms with Gasteiger partial charge in [0.1, 0.15) is 5.52 Å². The topological polar surface area (TPSA) is 145 Å². The number of piperidine rings is 1. The number of hydrogen-bond acceptors (Lipinski definition) is 8. The molecular formula is C22H25N7O4S. The molecule has 1 amide bonds. The molecule has 178 valence electrons. The predicted molar refractivity (Wildman–Crippen MR) is 129 cm³/mol. The van der Waals surface area contributed by atoms with Gasteiger partial charge in [0.15, 0.2) is 16.7 Å². The predicted octanol–water partition coefficient (Wildman–Crippen LogP) is 1.45. The summed E-state index contributed by atoms with van der Waals surface area (Å²) < 4.78 is 8.98. The summed E-state index contributed by atoms with van der Waals surface area (Å²) in [6, 6.07) is 7.62. The van der Waals surface area contributed by atoms with Crippen molar-refractivity contribution < 1.29 is 9.21 Å². The van der Waals surface area contributed by atoms with E-state index in [1.165, 1.54) is 16.3 Å². The van der Waals surface area contributed by atoms with E-state index < -0.39 is 11.2 Å². The van der Waals surface area contributed by atoms with E-state index in [1.54, 1.807) is 7.05 Å². The third kappa shape index (κ3) is 4.09. The van der Waals surface area contributed by atoms with Crippen molar-refractivity contribution in [1.29, 1.82) is 0 Å². The van der Waals surface area contributed by atoms with Gasteiger partial charge < -0.3 is 19.6 Å². The fraction of sp³-hybridized carbons (Fsp3) is 0.409. The van der Waals surface area contributed by atoms with E-state index in [4.69, 9.17) is 10.2 Å². The number of H-pyrrole nitrogens is 1. The van der Waals surface area contributed by atoms with Crippen molar-refractivity contribution in [1.82, 2.24) is 24.1 Å². The smallest absolute Gasteiger partial charge is 0.329 e. The molecule has 0 unspecified atom stereocenters. The number of oxazole rings is 1. The molecule has 1 aliphatic rings. The lowest BCUT2D eigenvalue weighted by Crippen LogP contribution is -2.39. The molecule has 0 aliphatic carbocycles. The molecule has 12 heteroatoms. The Bertz CT molecular complexity index is 1440. The Morgan fingerprint density at radius 2 is 2.00 bits per heavy atom. The first kappa shape index (κ1) is 22.3. The van der Waals surface area contributed by atoms with Crippen LogP contribution in [-0.2, 0) is 18.4 Å². The van der Waals surface area contributed by atoms with Crippen molar-refractivity contribution in [2.45, 2.75) is 31.0 Å². The molecule has 1 fully saturated rings. The van der Waals surface area contributed by atoms with Gasteiger partial charge in [-0.1, -0.05) is 23.9 Å². The Hall–Kier alpha value is -3.54. The van der Waals surface area contributed by atoms with Crippen LogP contribution in [0.1, 0.15) is 19.3 Å². The minimum atomic E-state index is -0.507. The van der Waals surface area contributed by atoms with Gasteiger partial charge in [-0.3, -0.25) is 19.1 Å². The summed E-state index contributed by atoms with van der Waals surface area (Å²) in [6.45, 7) is 1.72. The van der Waals surface area contributed by atoms with E-state index in [-0.39, 0.29) is 11.8 Å². The van der Waals surface area contributed by atoms with Gasteiger partial charge in [0, 0.05) is 38.4 Å². The number of primary amides is 1. The molecule has 0 saturated carbocycles. The van der Waals surface area contributed by atoms with E-state index in [1.807, 2.05) is 28.8 Å². The maximum Gasteiger partial charge on any atom is 0.329 e. The highest BCUT2D eigenvalue weighted by atomic mass is 32.2. The minimum Gasteiger partial charge on any atom is -0.431 e. The third-order valence-electron chi connectivity index (χ3n) is 6.19. The first-order valence-corrected chi connectivity index (χ1v) is 12.1. The van der Waals surface area contributed by atoms with E-state index in [0.717, 1.165) is 23.3 Å². The summed E-state index contributed by atoms with van der Waals surface area (Å²) in [7, 11) is 1.59. The second-order valence-corrected chi connectivity index (χ2v) is 9.41. The number of aromatic amines is 1. The summed E-state index contributed by atoms with van der Waals surface area (Å²) in [5.41, 5.74) is 6.78. The van der Waals surface area contributed by atoms with Crippen LogP contribution in [0.5, 0.6) is 0 Å². The quantitative estimate of drug-likeness (QED) is 0.297. The van der Waals surface area contributed by atoms with Crippen LogP contribution in [0.2, 0.25) is 0 Å². The standard InChI is InChI=1S/C22H25N7O4S/c1-27-18-16(19(31)26-21(27)32)29(20(25-18)28-10-7-13(8-11-28)17(23)30)9-4-12-34-22-24-14-5-2-3-6-15(14)33-22/h2-3,5-6,13H,4,7-12H2,1H3,(H2,23,30)(H,26,31,32). The highest BCUT2D eigenvalue weighted by Crippen LogP contribution is 2.27. The van der Waals surface area contributed by atoms with Gasteiger partial charge in [0.2, 0.25) is 11.9 Å². The Kier molecular flexibility index (Phi) is 5.90. The molecule has 5 rings (SSSR count). The number of thioether (sulfide) groups is 1. The maximum absolute atomic E-state index is 12.7. The number of amides is 1. The molecule has 11 nitrogen and oxygen atoms in total. The van der Waals surface area contributed by atoms with Gasteiger partial charge in [0.25, 0.3) is 10.8 Å². The fourth-order valence-electron chi connectivity index (χ4n) is 4.34. The van der Waals surface area contributed by atoms with Crippen LogP contribution in [-0.4, -0.2) is 48.8 Å². The maximum atomic E-state index is 12.7. The van der Waals surface area contributed by atoms with Gasteiger partial charge in [-0.05, 0) is 31.4 Å². The average molecular weight is 484 g/mol. The van der Waals surface area contributed by atoms with Crippen molar-refractivity contribution >= 4 is 45.9 Å². The summed E-state index contributed by atoms with van der Waals surface area (Å²) in [5.74, 6) is 0.897. The number of fused-ring (bicyclic) bond motifs is 2. The zero-order chi connectivity index (χ0) is 23.8. The van der Waals surface area contributed by atoms with E-state index >= 15 is 0 Å². The molecule has 0 bridgehead atoms. The monoisotopic (exact) mass is 483 g/mol. The summed E-state index contributed by atoms with van der Waals surface area (Å²) in [4.78, 5) is 50.0. The van der Waals surface area contributed by atoms with Crippen molar-refractivity contribution in [2.75, 3.05) is 23.7 Å². The fourth-order valence-corrected chi connectivity index (χ4v) is 5.09. The van der Waals surface area contributed by atoms with Crippen molar-refractivity contribution in [3.8, 4) is 0 Å². The van der Waals surface area contributed by atoms with Gasteiger partial charge in [-0.15, -0.1) is 0 Å². The molecule has 4 heterocycles. The van der Waals surface area contributed by atoms with Gasteiger partial charge in [-0.25, -0.2) is 9.78 Å². The van der Waals surface area contributed by atoms with E-state index in [0.29, 0.717) is 54.8 Å². The SMILES string of the molecule is Cn1c(=O)[nH]c(=O)c2c1nc(N1CCC(C(N)=O)CC1)n2CCCSc1nc2ccccc2o1. The number of carbonyl (C=O) groups excluding carboxylic acids is 1. The molecule has 1 aliphatic heterocycles. The number of benzene rings is 1. The lowest BCUT2D eigenvalue weighted by Gasteiger charge is -2.31. The largest absolute Gasteiger partial charge is 0.431 e. The van der Waals surface area contributed by atoms with Crippen molar-refractivity contribution in [3.63, 3.8) is 0 Å². The molecule has 0 radical (unpaired) electrons. The molecule has 1 aromatic carbocycles. The average Bonchev–Trinajstić information content (AvgIpc) is 3.42. The van der Waals surface area contributed by atoms with Gasteiger partial charge in [-0.2, -0.15) is 4.98 Å². The van der Waals surface area contributed by atoms with Gasteiger partial charge in [0.05, 0.1) is 0 Å². The highest BCUT2D eigenvalue weighted by molar-refractivity contribution is 7.99. The zero-order valence-corrected chi connectivity index (χ0v) is 19.5. The van der Waals surface area contributed by atoms with Crippen LogP contribution in [0, 0.1) is 5.92 Å². The number of aromatic nitrogens is 5. The molecule has 0 spiro atoms. The van der Waals surface area contributed by atoms with Crippen molar-refractivity contribution in [2.24, 2.45) is 18.7 Å². The van der Waals surface area contributed by atoms with E-state index in [9.17, 15) is 14.4 Å². The summed E-state index contributed by atoms with van der Waals surface area (Å²) in [5, 5.41) is 0.602. The Morgan fingerprint density at radius 1 is 1.24 bits per heavy atom. The number of imidazole rings is 1. The zero-order valence-electron chi connectivity index (χ0n) is 18.7. The number of rotatable bonds is 7. The van der Waals surface area contributed by atoms with Crippen LogP contribution in [0.15, 0.2) is 43.5 Å². The number of nitrogens with zero attached hydrogens (tertiary/aromatic N) is 5. The Labute approximate surface area is 198 Å². The Morgan fingerprint density at radius 3 is 2.74 bits per heavy atom. The minimum absolute atomic E-state index is 0.158. The third-order valence-corrected chi connectivity index (χ3v) is 7.11. The number of hydrogen-bond donors (Lipinski definition) is 2. The van der Waals surface area contributed by atoms with Crippen LogP contribution in [0.3, 0.4) is 0 Å². The molecule has 34 heavy (non-hydrogen) atoms. The number of aryl methyl sites for hydroxylation is 2. The number of para-hydroxylation sites is 2. The lowest BCUT2D eigenvalue weighted by molar-refractivity contribution is -0.122. The highest BCUT2D eigenvalue weighted by Gasteiger charge is 2.27. The summed E-state index contributed by atoms with van der Waals surface area (Å²) in [6.07, 6.45) is 1.98. The molecular weight excluding hydrogens is 458 g/mol. The van der Waals surface area contributed by atoms with Crippen LogP contribution in [0.4, 0.5) is 5.95 Å². The number of carbonyl (C=O) groups is 1. The normalized spacial score (nSPS) is 14.9.